The highest BCUT2D eigenvalue weighted by molar-refractivity contribution is 6.31. The molecular formula is C24H17ClN4O3. The molecule has 1 N–H and O–H groups in total. The minimum absolute atomic E-state index is 0.243. The minimum Gasteiger partial charge on any atom is -0.481 e. The Labute approximate surface area is 187 Å². The quantitative estimate of drug-likeness (QED) is 0.409. The second-order valence-corrected chi connectivity index (χ2v) is 8.58. The van der Waals surface area contributed by atoms with Crippen molar-refractivity contribution in [3.63, 3.8) is 0 Å². The molecule has 1 atom stereocenters. The van der Waals surface area contributed by atoms with E-state index in [-0.39, 0.29) is 6.10 Å². The van der Waals surface area contributed by atoms with E-state index in [1.165, 1.54) is 0 Å². The highest BCUT2D eigenvalue weighted by atomic mass is 35.5. The van der Waals surface area contributed by atoms with Crippen LogP contribution in [0.5, 0.6) is 5.75 Å². The van der Waals surface area contributed by atoms with Crippen LogP contribution < -0.4 is 10.1 Å². The smallest absolute Gasteiger partial charge is 0.228 e. The maximum atomic E-state index is 6.54. The maximum absolute atomic E-state index is 6.54. The van der Waals surface area contributed by atoms with Gasteiger partial charge in [-0.1, -0.05) is 16.8 Å². The summed E-state index contributed by atoms with van der Waals surface area (Å²) >= 11 is 6.54. The number of rotatable bonds is 2. The average Bonchev–Trinajstić information content (AvgIpc) is 3.52. The van der Waals surface area contributed by atoms with Gasteiger partial charge in [-0.05, 0) is 30.3 Å². The van der Waals surface area contributed by atoms with Gasteiger partial charge in [-0.2, -0.15) is 0 Å². The van der Waals surface area contributed by atoms with Crippen molar-refractivity contribution in [3.8, 4) is 16.9 Å². The monoisotopic (exact) mass is 444 g/mol. The highest BCUT2D eigenvalue weighted by Crippen LogP contribution is 2.47. The molecule has 0 spiro atoms. The highest BCUT2D eigenvalue weighted by Gasteiger charge is 2.34. The largest absolute Gasteiger partial charge is 0.481 e. The van der Waals surface area contributed by atoms with Crippen molar-refractivity contribution in [2.45, 2.75) is 25.5 Å². The fourth-order valence-electron chi connectivity index (χ4n) is 4.79. The Morgan fingerprint density at radius 3 is 3.03 bits per heavy atom. The van der Waals surface area contributed by atoms with Gasteiger partial charge < -0.3 is 19.0 Å². The summed E-state index contributed by atoms with van der Waals surface area (Å²) in [6.45, 7) is 1.66. The topological polar surface area (TPSA) is 86.2 Å². The average molecular weight is 445 g/mol. The number of benzene rings is 1. The predicted molar refractivity (Wildman–Crippen MR) is 119 cm³/mol. The number of halogens is 1. The van der Waals surface area contributed by atoms with Crippen LogP contribution in [0.1, 0.15) is 28.7 Å². The zero-order chi connectivity index (χ0) is 21.2. The van der Waals surface area contributed by atoms with Gasteiger partial charge in [0.15, 0.2) is 17.4 Å². The number of aromatic nitrogens is 3. The van der Waals surface area contributed by atoms with Crippen molar-refractivity contribution < 1.29 is 13.7 Å². The van der Waals surface area contributed by atoms with Crippen molar-refractivity contribution in [1.82, 2.24) is 20.4 Å². The van der Waals surface area contributed by atoms with E-state index >= 15 is 0 Å². The molecule has 0 saturated heterocycles. The maximum Gasteiger partial charge on any atom is 0.228 e. The second-order valence-electron chi connectivity index (χ2n) is 8.15. The van der Waals surface area contributed by atoms with E-state index in [2.05, 4.69) is 20.4 Å². The molecule has 1 unspecified atom stereocenters. The first kappa shape index (κ1) is 18.2. The molecule has 32 heavy (non-hydrogen) atoms. The van der Waals surface area contributed by atoms with Crippen LogP contribution in [0.4, 0.5) is 0 Å². The van der Waals surface area contributed by atoms with Gasteiger partial charge in [-0.15, -0.1) is 0 Å². The summed E-state index contributed by atoms with van der Waals surface area (Å²) in [6, 6.07) is 9.63. The van der Waals surface area contributed by atoms with E-state index in [0.717, 1.165) is 69.9 Å². The minimum atomic E-state index is -0.243. The first-order valence-corrected chi connectivity index (χ1v) is 10.9. The first-order chi connectivity index (χ1) is 15.8. The molecule has 2 aliphatic rings. The molecule has 7 rings (SSSR count). The fourth-order valence-corrected chi connectivity index (χ4v) is 5.03. The van der Waals surface area contributed by atoms with E-state index in [9.17, 15) is 0 Å². The summed E-state index contributed by atoms with van der Waals surface area (Å²) in [5.41, 5.74) is 6.88. The number of hydrogen-bond acceptors (Lipinski definition) is 7. The Balaban J connectivity index is 1.38. The number of nitrogens with zero attached hydrogens (tertiary/aromatic N) is 3. The number of fused-ring (bicyclic) bond motifs is 5. The molecule has 6 heterocycles. The number of furan rings is 1. The number of pyridine rings is 2. The van der Waals surface area contributed by atoms with Gasteiger partial charge in [0.05, 0.1) is 11.1 Å². The lowest BCUT2D eigenvalue weighted by Crippen LogP contribution is -2.24. The van der Waals surface area contributed by atoms with E-state index in [4.69, 9.17) is 25.3 Å². The standard InChI is InChI=1S/C24H17ClN4O3/c25-13-8-12-9-19(22-17-11-26-6-4-18(17)29-32-22)30-21(12)16(10-13)14-3-7-27-20-15-2-1-5-28-24(15)31-23(14)20/h1-3,5,7-8,10,19,26H,4,6,9,11H2. The molecule has 158 valence electrons. The molecule has 8 heteroatoms. The van der Waals surface area contributed by atoms with Crippen LogP contribution in [0.2, 0.25) is 5.02 Å². The summed E-state index contributed by atoms with van der Waals surface area (Å²) < 4.78 is 18.3. The van der Waals surface area contributed by atoms with Gasteiger partial charge in [0, 0.05) is 65.6 Å². The zero-order valence-corrected chi connectivity index (χ0v) is 17.6. The Hall–Kier alpha value is -3.42. The van der Waals surface area contributed by atoms with Crippen LogP contribution in [-0.4, -0.2) is 21.7 Å². The van der Waals surface area contributed by atoms with Crippen molar-refractivity contribution in [1.29, 1.82) is 0 Å². The summed E-state index contributed by atoms with van der Waals surface area (Å²) in [6.07, 6.45) is 4.78. The number of ether oxygens (including phenoxy) is 1. The van der Waals surface area contributed by atoms with Crippen molar-refractivity contribution in [2.24, 2.45) is 0 Å². The van der Waals surface area contributed by atoms with Crippen LogP contribution in [0.15, 0.2) is 51.7 Å². The van der Waals surface area contributed by atoms with Gasteiger partial charge in [0.25, 0.3) is 0 Å². The molecular weight excluding hydrogens is 428 g/mol. The molecule has 1 aromatic carbocycles. The summed E-state index contributed by atoms with van der Waals surface area (Å²) in [7, 11) is 0. The molecule has 7 nitrogen and oxygen atoms in total. The Bertz CT molecular complexity index is 1520. The van der Waals surface area contributed by atoms with E-state index in [1.54, 1.807) is 12.4 Å². The first-order valence-electron chi connectivity index (χ1n) is 10.6. The molecule has 0 radical (unpaired) electrons. The predicted octanol–water partition coefficient (Wildman–Crippen LogP) is 5.01. The zero-order valence-electron chi connectivity index (χ0n) is 16.9. The van der Waals surface area contributed by atoms with Crippen LogP contribution >= 0.6 is 11.6 Å². The van der Waals surface area contributed by atoms with Gasteiger partial charge in [-0.3, -0.25) is 4.98 Å². The molecule has 0 aliphatic carbocycles. The van der Waals surface area contributed by atoms with Crippen LogP contribution in [0, 0.1) is 0 Å². The van der Waals surface area contributed by atoms with E-state index in [0.29, 0.717) is 22.7 Å². The lowest BCUT2D eigenvalue weighted by Gasteiger charge is -2.15. The summed E-state index contributed by atoms with van der Waals surface area (Å²) in [4.78, 5) is 8.88. The molecule has 0 amide bonds. The van der Waals surface area contributed by atoms with Crippen LogP contribution in [-0.2, 0) is 19.4 Å². The van der Waals surface area contributed by atoms with E-state index in [1.807, 2.05) is 30.3 Å². The molecule has 5 aromatic rings. The summed E-state index contributed by atoms with van der Waals surface area (Å²) in [5, 5.41) is 9.19. The fraction of sp³-hybridized carbons (Fsp3) is 0.208. The molecule has 0 saturated carbocycles. The third kappa shape index (κ3) is 2.61. The van der Waals surface area contributed by atoms with Crippen LogP contribution in [0.3, 0.4) is 0 Å². The normalized spacial score (nSPS) is 17.5. The second kappa shape index (κ2) is 6.79. The lowest BCUT2D eigenvalue weighted by atomic mass is 9.99. The van der Waals surface area contributed by atoms with Gasteiger partial charge in [0.1, 0.15) is 11.3 Å². The third-order valence-electron chi connectivity index (χ3n) is 6.25. The lowest BCUT2D eigenvalue weighted by molar-refractivity contribution is 0.189. The number of hydrogen-bond donors (Lipinski definition) is 1. The Kier molecular flexibility index (Phi) is 3.86. The molecule has 0 fully saturated rings. The van der Waals surface area contributed by atoms with Crippen molar-refractivity contribution in [3.05, 3.63) is 70.3 Å². The Morgan fingerprint density at radius 2 is 2.06 bits per heavy atom. The summed E-state index contributed by atoms with van der Waals surface area (Å²) in [5.74, 6) is 1.58. The Morgan fingerprint density at radius 1 is 1.09 bits per heavy atom. The van der Waals surface area contributed by atoms with Gasteiger partial charge in [-0.25, -0.2) is 4.98 Å². The van der Waals surface area contributed by atoms with Crippen molar-refractivity contribution >= 4 is 33.8 Å². The van der Waals surface area contributed by atoms with Crippen molar-refractivity contribution in [2.75, 3.05) is 6.54 Å². The molecule has 0 bridgehead atoms. The van der Waals surface area contributed by atoms with Gasteiger partial charge in [0.2, 0.25) is 5.71 Å². The SMILES string of the molecule is Clc1cc2c(c(-c3ccnc4c3oc3ncccc34)c1)OC(c1onc3c1CNCC3)C2. The van der Waals surface area contributed by atoms with E-state index < -0.39 is 0 Å². The van der Waals surface area contributed by atoms with Crippen LogP contribution in [0.25, 0.3) is 33.3 Å². The van der Waals surface area contributed by atoms with Gasteiger partial charge >= 0.3 is 0 Å². The molecule has 2 aliphatic heterocycles. The number of nitrogens with one attached hydrogen (secondary N) is 1. The third-order valence-corrected chi connectivity index (χ3v) is 6.47. The molecule has 4 aromatic heterocycles.